The molecule has 0 radical (unpaired) electrons. The van der Waals surface area contributed by atoms with E-state index in [1.165, 1.54) is 0 Å². The van der Waals surface area contributed by atoms with E-state index in [0.717, 1.165) is 12.4 Å². The second-order valence-electron chi connectivity index (χ2n) is 8.83. The molecule has 2 aliphatic rings. The van der Waals surface area contributed by atoms with Gasteiger partial charge in [-0.15, -0.1) is 0 Å². The van der Waals surface area contributed by atoms with Crippen LogP contribution in [0.5, 0.6) is 0 Å². The Morgan fingerprint density at radius 3 is 2.68 bits per heavy atom. The molecule has 1 aromatic rings. The fourth-order valence-corrected chi connectivity index (χ4v) is 4.09. The number of hydrogen-bond donors (Lipinski definition) is 1. The van der Waals surface area contributed by atoms with Crippen molar-refractivity contribution in [3.8, 4) is 0 Å². The van der Waals surface area contributed by atoms with E-state index >= 15 is 0 Å². The van der Waals surface area contributed by atoms with Gasteiger partial charge in [0.25, 0.3) is 0 Å². The van der Waals surface area contributed by atoms with Crippen LogP contribution < -0.4 is 10.2 Å². The van der Waals surface area contributed by atoms with E-state index in [2.05, 4.69) is 15.2 Å². The molecule has 0 unspecified atom stereocenters. The highest BCUT2D eigenvalue weighted by Crippen LogP contribution is 2.34. The fourth-order valence-electron chi connectivity index (χ4n) is 4.09. The number of Topliss-reactive ketones (excluding diaryl/α,β-unsaturated/α-hetero) is 1. The van der Waals surface area contributed by atoms with Crippen LogP contribution in [0, 0.1) is 11.8 Å². The minimum absolute atomic E-state index is 0.0125. The van der Waals surface area contributed by atoms with E-state index in [4.69, 9.17) is 9.47 Å². The van der Waals surface area contributed by atoms with Crippen LogP contribution in [0.3, 0.4) is 0 Å². The molecular weight excluding hydrogens is 358 g/mol. The van der Waals surface area contributed by atoms with Crippen LogP contribution in [-0.2, 0) is 19.1 Å². The molecule has 0 aromatic carbocycles. The minimum Gasteiger partial charge on any atom is -0.432 e. The maximum atomic E-state index is 13.7. The summed E-state index contributed by atoms with van der Waals surface area (Å²) in [4.78, 5) is 32.7. The summed E-state index contributed by atoms with van der Waals surface area (Å²) in [6, 6.07) is 5.76. The molecule has 0 bridgehead atoms. The van der Waals surface area contributed by atoms with E-state index in [1.807, 2.05) is 39.0 Å². The SMILES string of the molecule is CC(C)C[C@H](C(=O)[C@]1(C)CN(c2ccccn2)CCN1)[C@@H]1OC(C)(C)OC1=O. The summed E-state index contributed by atoms with van der Waals surface area (Å²) in [7, 11) is 0. The van der Waals surface area contributed by atoms with E-state index < -0.39 is 29.3 Å². The van der Waals surface area contributed by atoms with Crippen LogP contribution in [0.2, 0.25) is 0 Å². The molecular formula is C21H31N3O4. The number of nitrogens with zero attached hydrogens (tertiary/aromatic N) is 2. The van der Waals surface area contributed by atoms with Gasteiger partial charge in [0.1, 0.15) is 5.82 Å². The predicted octanol–water partition coefficient (Wildman–Crippen LogP) is 2.16. The van der Waals surface area contributed by atoms with Crippen molar-refractivity contribution in [1.82, 2.24) is 10.3 Å². The normalized spacial score (nSPS) is 28.3. The van der Waals surface area contributed by atoms with Gasteiger partial charge in [0.15, 0.2) is 11.9 Å². The molecule has 1 aromatic heterocycles. The Labute approximate surface area is 166 Å². The van der Waals surface area contributed by atoms with Crippen molar-refractivity contribution in [2.24, 2.45) is 11.8 Å². The lowest BCUT2D eigenvalue weighted by Crippen LogP contribution is -2.65. The lowest BCUT2D eigenvalue weighted by atomic mass is 9.78. The number of hydrogen-bond acceptors (Lipinski definition) is 7. The number of aromatic nitrogens is 1. The summed E-state index contributed by atoms with van der Waals surface area (Å²) in [5, 5.41) is 3.38. The maximum absolute atomic E-state index is 13.7. The van der Waals surface area contributed by atoms with Crippen LogP contribution in [-0.4, -0.2) is 53.8 Å². The highest BCUT2D eigenvalue weighted by Gasteiger charge is 2.51. The second kappa shape index (κ2) is 7.79. The van der Waals surface area contributed by atoms with E-state index in [-0.39, 0.29) is 11.7 Å². The summed E-state index contributed by atoms with van der Waals surface area (Å²) in [5.74, 6) is -0.936. The highest BCUT2D eigenvalue weighted by molar-refractivity contribution is 5.95. The maximum Gasteiger partial charge on any atom is 0.338 e. The number of carbonyl (C=O) groups is 2. The average molecular weight is 389 g/mol. The van der Waals surface area contributed by atoms with Crippen molar-refractivity contribution < 1.29 is 19.1 Å². The Morgan fingerprint density at radius 1 is 1.36 bits per heavy atom. The third-order valence-electron chi connectivity index (χ3n) is 5.34. The molecule has 3 atom stereocenters. The Bertz CT molecular complexity index is 722. The Morgan fingerprint density at radius 2 is 2.11 bits per heavy atom. The Hall–Kier alpha value is -1.99. The molecule has 7 heteroatoms. The molecule has 0 amide bonds. The van der Waals surface area contributed by atoms with Crippen molar-refractivity contribution in [1.29, 1.82) is 0 Å². The van der Waals surface area contributed by atoms with Gasteiger partial charge in [-0.25, -0.2) is 9.78 Å². The van der Waals surface area contributed by atoms with Crippen molar-refractivity contribution in [2.75, 3.05) is 24.5 Å². The quantitative estimate of drug-likeness (QED) is 0.747. The van der Waals surface area contributed by atoms with Gasteiger partial charge in [-0.05, 0) is 31.4 Å². The lowest BCUT2D eigenvalue weighted by Gasteiger charge is -2.43. The van der Waals surface area contributed by atoms with Gasteiger partial charge in [-0.3, -0.25) is 4.79 Å². The zero-order valence-corrected chi connectivity index (χ0v) is 17.4. The zero-order valence-electron chi connectivity index (χ0n) is 17.4. The molecule has 154 valence electrons. The number of nitrogens with one attached hydrogen (secondary N) is 1. The minimum atomic E-state index is -1.00. The number of piperazine rings is 1. The van der Waals surface area contributed by atoms with Crippen molar-refractivity contribution >= 4 is 17.6 Å². The molecule has 3 heterocycles. The summed E-state index contributed by atoms with van der Waals surface area (Å²) < 4.78 is 11.2. The topological polar surface area (TPSA) is 80.8 Å². The number of anilines is 1. The van der Waals surface area contributed by atoms with E-state index in [1.54, 1.807) is 20.0 Å². The fraction of sp³-hybridized carbons (Fsp3) is 0.667. The molecule has 0 saturated carbocycles. The molecule has 0 aliphatic carbocycles. The first-order valence-electron chi connectivity index (χ1n) is 9.97. The van der Waals surface area contributed by atoms with Crippen LogP contribution >= 0.6 is 0 Å². The van der Waals surface area contributed by atoms with E-state index in [0.29, 0.717) is 19.5 Å². The first kappa shape index (κ1) is 20.7. The summed E-state index contributed by atoms with van der Waals surface area (Å²) in [6.07, 6.45) is 1.45. The monoisotopic (exact) mass is 389 g/mol. The first-order chi connectivity index (χ1) is 13.1. The van der Waals surface area contributed by atoms with Gasteiger partial charge >= 0.3 is 5.97 Å². The molecule has 7 nitrogen and oxygen atoms in total. The smallest absolute Gasteiger partial charge is 0.338 e. The lowest BCUT2D eigenvalue weighted by molar-refractivity contribution is -0.162. The number of pyridine rings is 1. The van der Waals surface area contributed by atoms with Crippen molar-refractivity contribution in [3.63, 3.8) is 0 Å². The molecule has 2 aliphatic heterocycles. The number of ether oxygens (including phenoxy) is 2. The molecule has 28 heavy (non-hydrogen) atoms. The van der Waals surface area contributed by atoms with Crippen LogP contribution in [0.1, 0.15) is 41.0 Å². The standard InChI is InChI=1S/C21H31N3O4/c1-14(2)12-15(17-19(26)28-20(3,4)27-17)18(25)21(5)13-24(11-10-23-21)16-8-6-7-9-22-16/h6-9,14-15,17,23H,10-13H2,1-5H3/t15-,17-,21-/m0/s1. The number of rotatable bonds is 6. The second-order valence-corrected chi connectivity index (χ2v) is 8.83. The molecule has 3 rings (SSSR count). The zero-order chi connectivity index (χ0) is 20.5. The van der Waals surface area contributed by atoms with Gasteiger partial charge in [-0.2, -0.15) is 0 Å². The Kier molecular flexibility index (Phi) is 5.77. The number of esters is 1. The van der Waals surface area contributed by atoms with Gasteiger partial charge in [0.05, 0.1) is 11.5 Å². The first-order valence-corrected chi connectivity index (χ1v) is 9.97. The molecule has 2 fully saturated rings. The Balaban J connectivity index is 1.84. The van der Waals surface area contributed by atoms with Crippen molar-refractivity contribution in [3.05, 3.63) is 24.4 Å². The van der Waals surface area contributed by atoms with Gasteiger partial charge in [-0.1, -0.05) is 19.9 Å². The number of ketones is 1. The highest BCUT2D eigenvalue weighted by atomic mass is 16.8. The van der Waals surface area contributed by atoms with Crippen LogP contribution in [0.4, 0.5) is 5.82 Å². The van der Waals surface area contributed by atoms with Crippen LogP contribution in [0.15, 0.2) is 24.4 Å². The van der Waals surface area contributed by atoms with Gasteiger partial charge in [0, 0.05) is 39.7 Å². The van der Waals surface area contributed by atoms with E-state index in [9.17, 15) is 9.59 Å². The predicted molar refractivity (Wildman–Crippen MR) is 106 cm³/mol. The average Bonchev–Trinajstić information content (AvgIpc) is 2.92. The molecule has 1 N–H and O–H groups in total. The molecule has 2 saturated heterocycles. The molecule has 0 spiro atoms. The van der Waals surface area contributed by atoms with Crippen molar-refractivity contribution in [2.45, 2.75) is 58.5 Å². The summed E-state index contributed by atoms with van der Waals surface area (Å²) in [5.41, 5.74) is -0.800. The third kappa shape index (κ3) is 4.36. The number of cyclic esters (lactones) is 1. The summed E-state index contributed by atoms with van der Waals surface area (Å²) in [6.45, 7) is 11.3. The largest absolute Gasteiger partial charge is 0.432 e. The third-order valence-corrected chi connectivity index (χ3v) is 5.34. The number of carbonyl (C=O) groups excluding carboxylic acids is 2. The van der Waals surface area contributed by atoms with Gasteiger partial charge < -0.3 is 19.7 Å². The summed E-state index contributed by atoms with van der Waals surface area (Å²) >= 11 is 0. The van der Waals surface area contributed by atoms with Crippen LogP contribution in [0.25, 0.3) is 0 Å². The van der Waals surface area contributed by atoms with Gasteiger partial charge in [0.2, 0.25) is 5.79 Å².